The van der Waals surface area contributed by atoms with Gasteiger partial charge in [-0.2, -0.15) is 0 Å². The van der Waals surface area contributed by atoms with Gasteiger partial charge in [0.1, 0.15) is 34.6 Å². The minimum atomic E-state index is -2.14. The number of methoxy groups -OCH3 is 4. The van der Waals surface area contributed by atoms with Crippen LogP contribution >= 0.6 is 11.3 Å². The molecule has 1 saturated carbocycles. The molecule has 3 aliphatic rings. The molecule has 3 heterocycles. The molecule has 0 radical (unpaired) electrons. The minimum Gasteiger partial charge on any atom is -0.497 e. The molecule has 3 aromatic carbocycles. The molecule has 1 aromatic heterocycles. The Kier molecular flexibility index (Phi) is 6.38. The molecule has 10 nitrogen and oxygen atoms in total. The topological polar surface area (TPSA) is 121 Å². The molecular weight excluding hydrogens is 582 g/mol. The molecule has 0 bridgehead atoms. The number of ether oxygens (including phenoxy) is 5. The summed E-state index contributed by atoms with van der Waals surface area (Å²) in [6.07, 6.45) is 0. The monoisotopic (exact) mass is 613 g/mol. The van der Waals surface area contributed by atoms with Crippen LogP contribution in [0, 0.1) is 12.8 Å². The normalized spacial score (nSPS) is 27.7. The maximum atomic E-state index is 14.0. The van der Waals surface area contributed by atoms with Gasteiger partial charge in [0.15, 0.2) is 17.0 Å². The van der Waals surface area contributed by atoms with Crippen molar-refractivity contribution in [2.45, 2.75) is 29.7 Å². The fourth-order valence-corrected chi connectivity index (χ4v) is 7.96. The highest BCUT2D eigenvalue weighted by atomic mass is 32.1. The number of nitrogens with zero attached hydrogens (tertiary/aromatic N) is 2. The molecule has 2 aliphatic heterocycles. The maximum Gasteiger partial charge on any atom is 0.314 e. The van der Waals surface area contributed by atoms with Crippen LogP contribution < -0.4 is 24.3 Å². The number of esters is 1. The van der Waals surface area contributed by atoms with Crippen LogP contribution in [0.2, 0.25) is 0 Å². The van der Waals surface area contributed by atoms with Gasteiger partial charge in [-0.1, -0.05) is 42.5 Å². The number of benzene rings is 3. The lowest BCUT2D eigenvalue weighted by Crippen LogP contribution is -2.63. The maximum absolute atomic E-state index is 14.0. The van der Waals surface area contributed by atoms with E-state index >= 15 is 0 Å². The van der Waals surface area contributed by atoms with Gasteiger partial charge in [-0.3, -0.25) is 4.79 Å². The Morgan fingerprint density at radius 1 is 0.977 bits per heavy atom. The second-order valence-corrected chi connectivity index (χ2v) is 12.0. The predicted molar refractivity (Wildman–Crippen MR) is 163 cm³/mol. The van der Waals surface area contributed by atoms with Gasteiger partial charge in [0.05, 0.1) is 39.0 Å². The summed E-state index contributed by atoms with van der Waals surface area (Å²) in [5, 5.41) is 19.6. The molecule has 11 heteroatoms. The van der Waals surface area contributed by atoms with Gasteiger partial charge in [0.2, 0.25) is 5.72 Å². The lowest BCUT2D eigenvalue weighted by atomic mass is 9.68. The van der Waals surface area contributed by atoms with Crippen molar-refractivity contribution >= 4 is 23.1 Å². The number of aryl methyl sites for hydroxylation is 1. The second-order valence-electron chi connectivity index (χ2n) is 11.0. The fourth-order valence-electron chi connectivity index (χ4n) is 7.36. The van der Waals surface area contributed by atoms with Crippen molar-refractivity contribution in [2.75, 3.05) is 28.4 Å². The van der Waals surface area contributed by atoms with Crippen LogP contribution in [0.3, 0.4) is 0 Å². The van der Waals surface area contributed by atoms with Crippen LogP contribution in [0.1, 0.15) is 33.3 Å². The predicted octanol–water partition coefficient (Wildman–Crippen LogP) is 4.29. The van der Waals surface area contributed by atoms with Crippen LogP contribution in [-0.2, 0) is 20.7 Å². The number of rotatable bonds is 7. The Bertz CT molecular complexity index is 1790. The summed E-state index contributed by atoms with van der Waals surface area (Å²) in [6, 6.07) is 20.4. The van der Waals surface area contributed by atoms with E-state index in [0.717, 1.165) is 10.6 Å². The zero-order valence-corrected chi connectivity index (χ0v) is 25.6. The molecule has 2 N–H and O–H groups in total. The second kappa shape index (κ2) is 9.96. The smallest absolute Gasteiger partial charge is 0.314 e. The fraction of sp³-hybridized carbons (Fsp3) is 0.303. The number of aromatic nitrogens is 1. The first kappa shape index (κ1) is 28.2. The third kappa shape index (κ3) is 3.47. The zero-order valence-electron chi connectivity index (χ0n) is 24.8. The van der Waals surface area contributed by atoms with Gasteiger partial charge in [-0.25, -0.2) is 9.98 Å². The molecule has 1 fully saturated rings. The molecule has 4 aromatic rings. The van der Waals surface area contributed by atoms with Crippen molar-refractivity contribution in [3.8, 4) is 23.0 Å². The van der Waals surface area contributed by atoms with Crippen LogP contribution in [0.4, 0.5) is 0 Å². The van der Waals surface area contributed by atoms with Crippen LogP contribution in [0.15, 0.2) is 77.1 Å². The van der Waals surface area contributed by atoms with E-state index in [-0.39, 0.29) is 0 Å². The summed E-state index contributed by atoms with van der Waals surface area (Å²) in [5.74, 6) is -0.389. The lowest BCUT2D eigenvalue weighted by molar-refractivity contribution is -0.156. The van der Waals surface area contributed by atoms with Crippen molar-refractivity contribution in [3.05, 3.63) is 99.5 Å². The first-order chi connectivity index (χ1) is 21.3. The van der Waals surface area contributed by atoms with E-state index in [4.69, 9.17) is 28.7 Å². The Hall–Kier alpha value is -4.61. The van der Waals surface area contributed by atoms with E-state index in [0.29, 0.717) is 45.7 Å². The number of aliphatic hydroxyl groups is 1. The van der Waals surface area contributed by atoms with E-state index in [1.165, 1.54) is 18.4 Å². The highest BCUT2D eigenvalue weighted by molar-refractivity contribution is 7.09. The van der Waals surface area contributed by atoms with E-state index in [1.807, 2.05) is 66.9 Å². The first-order valence-electron chi connectivity index (χ1n) is 14.0. The highest BCUT2D eigenvalue weighted by Crippen LogP contribution is 2.75. The van der Waals surface area contributed by atoms with Gasteiger partial charge < -0.3 is 34.1 Å². The number of fused-ring (bicyclic) bond motifs is 1. The van der Waals surface area contributed by atoms with E-state index in [9.17, 15) is 9.90 Å². The average molecular weight is 614 g/mol. The standard InChI is InChI=1S/C33H31N3O7S/c1-18-34-23(17-44-18)29-35-32-27-24(41-4)15-22(40-3)16-25(27)43-31(32,20-11-13-21(39-2)14-12-20)26(19-9-7-6-8-10-19)28(30(37)42-5)33(32,38)36-29/h6-17,26,28,38H,1-5H3,(H,35,36)/t26-,28+,31+,32-,33-/m1/s1. The number of hydrogen-bond donors (Lipinski definition) is 2. The third-order valence-corrected chi connectivity index (χ3v) is 9.81. The molecule has 44 heavy (non-hydrogen) atoms. The zero-order chi connectivity index (χ0) is 30.9. The van der Waals surface area contributed by atoms with Crippen molar-refractivity contribution in [3.63, 3.8) is 0 Å². The summed E-state index contributed by atoms with van der Waals surface area (Å²) >= 11 is 1.46. The van der Waals surface area contributed by atoms with Gasteiger partial charge in [-0.15, -0.1) is 11.3 Å². The van der Waals surface area contributed by atoms with E-state index < -0.39 is 34.7 Å². The highest BCUT2D eigenvalue weighted by Gasteiger charge is 2.87. The van der Waals surface area contributed by atoms with Gasteiger partial charge in [0, 0.05) is 23.4 Å². The number of hydrogen-bond acceptors (Lipinski definition) is 11. The number of thiazole rings is 1. The first-order valence-corrected chi connectivity index (χ1v) is 14.9. The van der Waals surface area contributed by atoms with Gasteiger partial charge in [-0.05, 0) is 30.2 Å². The Morgan fingerprint density at radius 2 is 1.70 bits per heavy atom. The van der Waals surface area contributed by atoms with Crippen LogP contribution in [0.5, 0.6) is 23.0 Å². The summed E-state index contributed by atoms with van der Waals surface area (Å²) in [4.78, 5) is 23.7. The van der Waals surface area contributed by atoms with Gasteiger partial charge >= 0.3 is 5.97 Å². The Balaban J connectivity index is 1.64. The molecule has 0 saturated heterocycles. The Morgan fingerprint density at radius 3 is 2.32 bits per heavy atom. The molecule has 0 amide bonds. The minimum absolute atomic E-state index is 0.324. The van der Waals surface area contributed by atoms with E-state index in [2.05, 4.69) is 10.3 Å². The average Bonchev–Trinajstić information content (AvgIpc) is 3.75. The molecule has 5 atom stereocenters. The van der Waals surface area contributed by atoms with Crippen LogP contribution in [0.25, 0.3) is 0 Å². The Labute approximate surface area is 258 Å². The van der Waals surface area contributed by atoms with Crippen LogP contribution in [-0.4, -0.2) is 56.1 Å². The third-order valence-electron chi connectivity index (χ3n) is 9.04. The van der Waals surface area contributed by atoms with Crippen molar-refractivity contribution < 1.29 is 33.6 Å². The lowest BCUT2D eigenvalue weighted by Gasteiger charge is -2.44. The van der Waals surface area contributed by atoms with Gasteiger partial charge in [0.25, 0.3) is 0 Å². The number of aliphatic imine (C=N–C) groups is 1. The molecule has 0 unspecified atom stereocenters. The number of carbonyl (C=O) groups excluding carboxylic acids is 1. The molecule has 226 valence electrons. The summed E-state index contributed by atoms with van der Waals surface area (Å²) < 4.78 is 29.7. The summed E-state index contributed by atoms with van der Waals surface area (Å²) in [5.41, 5.74) is -2.76. The molecule has 1 spiro atoms. The molecule has 1 aliphatic carbocycles. The van der Waals surface area contributed by atoms with Crippen molar-refractivity contribution in [1.82, 2.24) is 10.3 Å². The number of carbonyl (C=O) groups is 1. The quantitative estimate of drug-likeness (QED) is 0.294. The van der Waals surface area contributed by atoms with Crippen molar-refractivity contribution in [2.24, 2.45) is 10.9 Å². The van der Waals surface area contributed by atoms with Crippen molar-refractivity contribution in [1.29, 1.82) is 0 Å². The summed E-state index contributed by atoms with van der Waals surface area (Å²) in [7, 11) is 6.01. The molecular formula is C33H31N3O7S. The largest absolute Gasteiger partial charge is 0.497 e. The molecule has 7 rings (SSSR count). The summed E-state index contributed by atoms with van der Waals surface area (Å²) in [6.45, 7) is 1.89. The number of nitrogens with one attached hydrogen (secondary N) is 1. The number of amidine groups is 1. The van der Waals surface area contributed by atoms with E-state index in [1.54, 1.807) is 33.5 Å². The SMILES string of the molecule is COC(=O)[C@@H]1[C@@H](c2ccccc2)[C@]2(c3ccc(OC)cc3)Oc3cc(OC)cc(OC)c3[C@@]23NC(c2csc(C)n2)=N[C@@]13O.